The number of halogens is 1. The highest BCUT2D eigenvalue weighted by Gasteiger charge is 2.15. The standard InChI is InChI=1S/C21H22FN3O3/c1-3-4-11-24-20(27)16-7-5-6-8-18(16)25(21(24)28)13-19(26)23-17-12-15(22)10-9-14(17)2/h5-10,12H,3-4,11,13H2,1-2H3,(H,23,26). The smallest absolute Gasteiger partial charge is 0.324 e. The van der Waals surface area contributed by atoms with Crippen LogP contribution in [0.5, 0.6) is 0 Å². The molecule has 146 valence electrons. The molecular formula is C21H22FN3O3. The number of hydrogen-bond donors (Lipinski definition) is 1. The van der Waals surface area contributed by atoms with Crippen LogP contribution in [0.3, 0.4) is 0 Å². The first kappa shape index (κ1) is 19.5. The monoisotopic (exact) mass is 383 g/mol. The van der Waals surface area contributed by atoms with Crippen molar-refractivity contribution < 1.29 is 9.18 Å². The molecule has 1 amide bonds. The van der Waals surface area contributed by atoms with Gasteiger partial charge in [-0.1, -0.05) is 31.5 Å². The van der Waals surface area contributed by atoms with E-state index in [9.17, 15) is 18.8 Å². The molecule has 6 nitrogen and oxygen atoms in total. The number of aromatic nitrogens is 2. The zero-order valence-electron chi connectivity index (χ0n) is 15.9. The van der Waals surface area contributed by atoms with Crippen molar-refractivity contribution in [1.82, 2.24) is 9.13 Å². The van der Waals surface area contributed by atoms with Gasteiger partial charge in [-0.3, -0.25) is 18.7 Å². The number of aryl methyl sites for hydroxylation is 1. The molecule has 0 saturated carbocycles. The number of rotatable bonds is 6. The zero-order valence-corrected chi connectivity index (χ0v) is 15.9. The number of anilines is 1. The van der Waals surface area contributed by atoms with Crippen molar-refractivity contribution in [3.05, 3.63) is 74.7 Å². The zero-order chi connectivity index (χ0) is 20.3. The Morgan fingerprint density at radius 1 is 1.11 bits per heavy atom. The maximum absolute atomic E-state index is 13.5. The fourth-order valence-electron chi connectivity index (χ4n) is 3.10. The van der Waals surface area contributed by atoms with E-state index >= 15 is 0 Å². The van der Waals surface area contributed by atoms with Gasteiger partial charge in [0.25, 0.3) is 5.56 Å². The van der Waals surface area contributed by atoms with Crippen LogP contribution >= 0.6 is 0 Å². The fraction of sp³-hybridized carbons (Fsp3) is 0.286. The molecule has 28 heavy (non-hydrogen) atoms. The Hall–Kier alpha value is -3.22. The van der Waals surface area contributed by atoms with Crippen molar-refractivity contribution in [3.63, 3.8) is 0 Å². The van der Waals surface area contributed by atoms with Gasteiger partial charge in [-0.25, -0.2) is 9.18 Å². The molecule has 0 fully saturated rings. The van der Waals surface area contributed by atoms with E-state index < -0.39 is 17.4 Å². The van der Waals surface area contributed by atoms with E-state index in [0.29, 0.717) is 35.1 Å². The number of unbranched alkanes of at least 4 members (excludes halogenated alkanes) is 1. The van der Waals surface area contributed by atoms with Gasteiger partial charge in [0.05, 0.1) is 10.9 Å². The number of fused-ring (bicyclic) bond motifs is 1. The van der Waals surface area contributed by atoms with Gasteiger partial charge in [-0.15, -0.1) is 0 Å². The SMILES string of the molecule is CCCCn1c(=O)c2ccccc2n(CC(=O)Nc2cc(F)ccc2C)c1=O. The van der Waals surface area contributed by atoms with Crippen LogP contribution in [0.1, 0.15) is 25.3 Å². The van der Waals surface area contributed by atoms with Crippen molar-refractivity contribution in [3.8, 4) is 0 Å². The third kappa shape index (κ3) is 3.88. The number of nitrogens with one attached hydrogen (secondary N) is 1. The van der Waals surface area contributed by atoms with Gasteiger partial charge in [0.1, 0.15) is 12.4 Å². The Morgan fingerprint density at radius 3 is 2.61 bits per heavy atom. The number of carbonyl (C=O) groups is 1. The topological polar surface area (TPSA) is 73.1 Å². The first-order chi connectivity index (χ1) is 13.4. The Bertz CT molecular complexity index is 1150. The Morgan fingerprint density at radius 2 is 1.86 bits per heavy atom. The molecule has 0 atom stereocenters. The molecule has 0 radical (unpaired) electrons. The van der Waals surface area contributed by atoms with Gasteiger partial charge < -0.3 is 5.32 Å². The summed E-state index contributed by atoms with van der Waals surface area (Å²) in [7, 11) is 0. The molecule has 7 heteroatoms. The Kier molecular flexibility index (Phi) is 5.73. The summed E-state index contributed by atoms with van der Waals surface area (Å²) in [4.78, 5) is 38.1. The molecule has 0 unspecified atom stereocenters. The first-order valence-electron chi connectivity index (χ1n) is 9.20. The predicted molar refractivity (Wildman–Crippen MR) is 107 cm³/mol. The van der Waals surface area contributed by atoms with Crippen LogP contribution in [0, 0.1) is 12.7 Å². The second-order valence-corrected chi connectivity index (χ2v) is 6.70. The predicted octanol–water partition coefficient (Wildman–Crippen LogP) is 3.05. The summed E-state index contributed by atoms with van der Waals surface area (Å²) in [5.41, 5.74) is 0.577. The first-order valence-corrected chi connectivity index (χ1v) is 9.20. The molecule has 0 saturated heterocycles. The second-order valence-electron chi connectivity index (χ2n) is 6.70. The third-order valence-electron chi connectivity index (χ3n) is 4.64. The van der Waals surface area contributed by atoms with E-state index in [4.69, 9.17) is 0 Å². The number of carbonyl (C=O) groups excluding carboxylic acids is 1. The molecule has 0 spiro atoms. The summed E-state index contributed by atoms with van der Waals surface area (Å²) in [5, 5.41) is 3.02. The molecule has 3 rings (SSSR count). The van der Waals surface area contributed by atoms with Crippen LogP contribution in [-0.4, -0.2) is 15.0 Å². The van der Waals surface area contributed by atoms with Gasteiger partial charge in [-0.2, -0.15) is 0 Å². The molecule has 1 aromatic heterocycles. The summed E-state index contributed by atoms with van der Waals surface area (Å²) in [6, 6.07) is 10.8. The van der Waals surface area contributed by atoms with Crippen LogP contribution < -0.4 is 16.6 Å². The molecule has 1 N–H and O–H groups in total. The van der Waals surface area contributed by atoms with Crippen LogP contribution in [-0.2, 0) is 17.9 Å². The minimum atomic E-state index is -0.525. The lowest BCUT2D eigenvalue weighted by molar-refractivity contribution is -0.116. The van der Waals surface area contributed by atoms with Crippen LogP contribution in [0.2, 0.25) is 0 Å². The van der Waals surface area contributed by atoms with Crippen molar-refractivity contribution in [2.75, 3.05) is 5.32 Å². The van der Waals surface area contributed by atoms with E-state index in [1.807, 2.05) is 6.92 Å². The van der Waals surface area contributed by atoms with Crippen LogP contribution in [0.25, 0.3) is 10.9 Å². The van der Waals surface area contributed by atoms with E-state index in [0.717, 1.165) is 6.42 Å². The van der Waals surface area contributed by atoms with E-state index in [-0.39, 0.29) is 12.1 Å². The van der Waals surface area contributed by atoms with Gasteiger partial charge in [0.2, 0.25) is 5.91 Å². The third-order valence-corrected chi connectivity index (χ3v) is 4.64. The Balaban J connectivity index is 2.02. The molecular weight excluding hydrogens is 361 g/mol. The van der Waals surface area contributed by atoms with Crippen molar-refractivity contribution in [2.24, 2.45) is 0 Å². The highest BCUT2D eigenvalue weighted by molar-refractivity contribution is 5.92. The number of benzene rings is 2. The number of nitrogens with zero attached hydrogens (tertiary/aromatic N) is 2. The summed E-state index contributed by atoms with van der Waals surface area (Å²) in [6.45, 7) is 3.74. The maximum atomic E-state index is 13.5. The minimum Gasteiger partial charge on any atom is -0.324 e. The van der Waals surface area contributed by atoms with Gasteiger partial charge in [0, 0.05) is 12.2 Å². The second kappa shape index (κ2) is 8.21. The number of hydrogen-bond acceptors (Lipinski definition) is 3. The number of para-hydroxylation sites is 1. The van der Waals surface area contributed by atoms with Gasteiger partial charge in [0.15, 0.2) is 0 Å². The van der Waals surface area contributed by atoms with E-state index in [1.54, 1.807) is 37.3 Å². The lowest BCUT2D eigenvalue weighted by Crippen LogP contribution is -2.41. The van der Waals surface area contributed by atoms with Crippen molar-refractivity contribution in [2.45, 2.75) is 39.8 Å². The molecule has 2 aromatic carbocycles. The van der Waals surface area contributed by atoms with Crippen LogP contribution in [0.15, 0.2) is 52.1 Å². The highest BCUT2D eigenvalue weighted by Crippen LogP contribution is 2.16. The van der Waals surface area contributed by atoms with Gasteiger partial charge in [-0.05, 0) is 43.2 Å². The fourth-order valence-corrected chi connectivity index (χ4v) is 3.10. The molecule has 0 bridgehead atoms. The summed E-state index contributed by atoms with van der Waals surface area (Å²) < 4.78 is 15.9. The summed E-state index contributed by atoms with van der Waals surface area (Å²) in [5.74, 6) is -0.932. The molecule has 0 aliphatic heterocycles. The summed E-state index contributed by atoms with van der Waals surface area (Å²) in [6.07, 6.45) is 1.51. The average molecular weight is 383 g/mol. The summed E-state index contributed by atoms with van der Waals surface area (Å²) >= 11 is 0. The highest BCUT2D eigenvalue weighted by atomic mass is 19.1. The van der Waals surface area contributed by atoms with Gasteiger partial charge >= 0.3 is 5.69 Å². The van der Waals surface area contributed by atoms with Crippen LogP contribution in [0.4, 0.5) is 10.1 Å². The lowest BCUT2D eigenvalue weighted by atomic mass is 10.2. The lowest BCUT2D eigenvalue weighted by Gasteiger charge is -2.14. The van der Waals surface area contributed by atoms with E-state index in [2.05, 4.69) is 5.32 Å². The maximum Gasteiger partial charge on any atom is 0.331 e. The molecule has 1 heterocycles. The molecule has 0 aliphatic rings. The average Bonchev–Trinajstić information content (AvgIpc) is 2.68. The minimum absolute atomic E-state index is 0.276. The van der Waals surface area contributed by atoms with Crippen molar-refractivity contribution >= 4 is 22.5 Å². The van der Waals surface area contributed by atoms with E-state index in [1.165, 1.54) is 21.3 Å². The largest absolute Gasteiger partial charge is 0.331 e. The Labute approximate surface area is 161 Å². The molecule has 3 aromatic rings. The normalized spacial score (nSPS) is 11.0. The number of amides is 1. The van der Waals surface area contributed by atoms with Crippen molar-refractivity contribution in [1.29, 1.82) is 0 Å². The quantitative estimate of drug-likeness (QED) is 0.711. The molecule has 0 aliphatic carbocycles.